The molecule has 0 aliphatic carbocycles. The van der Waals surface area contributed by atoms with Crippen LogP contribution in [-0.4, -0.2) is 22.3 Å². The van der Waals surface area contributed by atoms with Gasteiger partial charge >= 0.3 is 0 Å². The molecule has 0 spiro atoms. The van der Waals surface area contributed by atoms with Crippen LogP contribution < -0.4 is 21.6 Å². The molecule has 0 fully saturated rings. The van der Waals surface area contributed by atoms with Gasteiger partial charge in [-0.1, -0.05) is 12.1 Å². The van der Waals surface area contributed by atoms with Crippen LogP contribution in [-0.2, 0) is 6.54 Å². The molecule has 0 atom stereocenters. The molecule has 0 unspecified atom stereocenters. The zero-order chi connectivity index (χ0) is 16.1. The molecule has 1 aromatic carbocycles. The van der Waals surface area contributed by atoms with Crippen molar-refractivity contribution in [3.8, 4) is 17.0 Å². The third kappa shape index (κ3) is 2.99. The number of aromatic nitrogens is 2. The Kier molecular flexibility index (Phi) is 4.90. The molecule has 7 nitrogen and oxygen atoms in total. The monoisotopic (exact) mass is 302 g/mol. The summed E-state index contributed by atoms with van der Waals surface area (Å²) in [6.45, 7) is 4.50. The standard InChI is InChI=1S/C15H18N4O3/c1-3-19-15(21)11(14(20)17-16)9-12(18-19)10-7-5-6-8-13(10)22-4-2/h5-9H,3-4,16H2,1-2H3,(H,17,20). The van der Waals surface area contributed by atoms with Gasteiger partial charge < -0.3 is 4.74 Å². The fourth-order valence-electron chi connectivity index (χ4n) is 2.09. The molecule has 0 saturated carbocycles. The number of nitrogens with one attached hydrogen (secondary N) is 1. The number of rotatable bonds is 5. The minimum atomic E-state index is -0.648. The van der Waals surface area contributed by atoms with Gasteiger partial charge in [0.2, 0.25) is 0 Å². The number of aryl methyl sites for hydroxylation is 1. The molecule has 3 N–H and O–H groups in total. The fourth-order valence-corrected chi connectivity index (χ4v) is 2.09. The Hall–Kier alpha value is -2.67. The van der Waals surface area contributed by atoms with E-state index in [1.165, 1.54) is 10.7 Å². The van der Waals surface area contributed by atoms with Crippen molar-refractivity contribution in [1.29, 1.82) is 0 Å². The lowest BCUT2D eigenvalue weighted by Gasteiger charge is -2.12. The van der Waals surface area contributed by atoms with Crippen molar-refractivity contribution in [3.63, 3.8) is 0 Å². The van der Waals surface area contributed by atoms with Crippen LogP contribution in [0.2, 0.25) is 0 Å². The molecular weight excluding hydrogens is 284 g/mol. The lowest BCUT2D eigenvalue weighted by Crippen LogP contribution is -2.37. The second-order valence-electron chi connectivity index (χ2n) is 4.47. The molecule has 0 radical (unpaired) electrons. The number of ether oxygens (including phenoxy) is 1. The molecule has 2 aromatic rings. The molecule has 116 valence electrons. The maximum Gasteiger partial charge on any atom is 0.279 e. The van der Waals surface area contributed by atoms with Crippen LogP contribution in [0.25, 0.3) is 11.3 Å². The van der Waals surface area contributed by atoms with E-state index in [0.29, 0.717) is 30.2 Å². The van der Waals surface area contributed by atoms with E-state index in [2.05, 4.69) is 5.10 Å². The number of para-hydroxylation sites is 1. The molecule has 0 aliphatic rings. The largest absolute Gasteiger partial charge is 0.493 e. The first-order valence-electron chi connectivity index (χ1n) is 6.97. The minimum Gasteiger partial charge on any atom is -0.493 e. The molecule has 1 heterocycles. The van der Waals surface area contributed by atoms with Crippen molar-refractivity contribution < 1.29 is 9.53 Å². The topological polar surface area (TPSA) is 99.2 Å². The van der Waals surface area contributed by atoms with E-state index < -0.39 is 11.5 Å². The molecule has 0 aliphatic heterocycles. The Labute approximate surface area is 127 Å². The number of nitrogen functional groups attached to an aromatic ring is 1. The first-order chi connectivity index (χ1) is 10.6. The van der Waals surface area contributed by atoms with E-state index in [1.807, 2.05) is 36.6 Å². The first-order valence-corrected chi connectivity index (χ1v) is 6.97. The lowest BCUT2D eigenvalue weighted by molar-refractivity contribution is 0.0951. The number of hydrazine groups is 1. The van der Waals surface area contributed by atoms with Crippen LogP contribution >= 0.6 is 0 Å². The summed E-state index contributed by atoms with van der Waals surface area (Å²) in [7, 11) is 0. The number of nitrogens with zero attached hydrogens (tertiary/aromatic N) is 2. The van der Waals surface area contributed by atoms with Crippen molar-refractivity contribution >= 4 is 5.91 Å². The zero-order valence-corrected chi connectivity index (χ0v) is 12.5. The molecule has 22 heavy (non-hydrogen) atoms. The molecule has 0 bridgehead atoms. The van der Waals surface area contributed by atoms with Crippen LogP contribution in [0.3, 0.4) is 0 Å². The fraction of sp³-hybridized carbons (Fsp3) is 0.267. The summed E-state index contributed by atoms with van der Waals surface area (Å²) in [6.07, 6.45) is 0. The molecule has 0 saturated heterocycles. The Bertz CT molecular complexity index is 740. The van der Waals surface area contributed by atoms with E-state index in [1.54, 1.807) is 6.92 Å². The summed E-state index contributed by atoms with van der Waals surface area (Å²) < 4.78 is 6.79. The third-order valence-electron chi connectivity index (χ3n) is 3.11. The van der Waals surface area contributed by atoms with Gasteiger partial charge in [-0.05, 0) is 32.0 Å². The maximum atomic E-state index is 12.1. The van der Waals surface area contributed by atoms with Gasteiger partial charge in [0.25, 0.3) is 11.5 Å². The SMILES string of the molecule is CCOc1ccccc1-c1cc(C(=O)NN)c(=O)n(CC)n1. The van der Waals surface area contributed by atoms with Gasteiger partial charge in [0.05, 0.1) is 12.3 Å². The minimum absolute atomic E-state index is 0.0550. The van der Waals surface area contributed by atoms with Crippen molar-refractivity contribution in [2.45, 2.75) is 20.4 Å². The normalized spacial score (nSPS) is 10.3. The number of carbonyl (C=O) groups excluding carboxylic acids is 1. The number of hydrogen-bond donors (Lipinski definition) is 2. The summed E-state index contributed by atoms with van der Waals surface area (Å²) in [5.74, 6) is 5.13. The Morgan fingerprint density at radius 1 is 1.36 bits per heavy atom. The van der Waals surface area contributed by atoms with Crippen molar-refractivity contribution in [2.24, 2.45) is 5.84 Å². The maximum absolute atomic E-state index is 12.1. The average Bonchev–Trinajstić information content (AvgIpc) is 2.55. The van der Waals surface area contributed by atoms with Crippen molar-refractivity contribution in [1.82, 2.24) is 15.2 Å². The highest BCUT2D eigenvalue weighted by Gasteiger charge is 2.16. The molecule has 7 heteroatoms. The quantitative estimate of drug-likeness (QED) is 0.486. The van der Waals surface area contributed by atoms with Crippen LogP contribution in [0.5, 0.6) is 5.75 Å². The van der Waals surface area contributed by atoms with E-state index in [-0.39, 0.29) is 5.56 Å². The molecule has 2 rings (SSSR count). The summed E-state index contributed by atoms with van der Waals surface area (Å²) in [5.41, 5.74) is 2.62. The van der Waals surface area contributed by atoms with Crippen LogP contribution in [0.15, 0.2) is 35.1 Å². The predicted octanol–water partition coefficient (Wildman–Crippen LogP) is 0.932. The highest BCUT2D eigenvalue weighted by atomic mass is 16.5. The second-order valence-corrected chi connectivity index (χ2v) is 4.47. The van der Waals surface area contributed by atoms with Gasteiger partial charge in [0, 0.05) is 12.1 Å². The van der Waals surface area contributed by atoms with E-state index >= 15 is 0 Å². The van der Waals surface area contributed by atoms with Crippen LogP contribution in [0.4, 0.5) is 0 Å². The number of carbonyl (C=O) groups is 1. The van der Waals surface area contributed by atoms with Crippen molar-refractivity contribution in [2.75, 3.05) is 6.61 Å². The number of benzene rings is 1. The highest BCUT2D eigenvalue weighted by Crippen LogP contribution is 2.28. The smallest absolute Gasteiger partial charge is 0.279 e. The van der Waals surface area contributed by atoms with Gasteiger partial charge in [-0.25, -0.2) is 10.5 Å². The molecule has 1 amide bonds. The van der Waals surface area contributed by atoms with Gasteiger partial charge in [0.15, 0.2) is 0 Å². The summed E-state index contributed by atoms with van der Waals surface area (Å²) in [5, 5.41) is 4.28. The molecular formula is C15H18N4O3. The van der Waals surface area contributed by atoms with E-state index in [4.69, 9.17) is 10.6 Å². The Morgan fingerprint density at radius 3 is 2.73 bits per heavy atom. The predicted molar refractivity (Wildman–Crippen MR) is 82.4 cm³/mol. The van der Waals surface area contributed by atoms with Gasteiger partial charge in [-0.15, -0.1) is 0 Å². The number of nitrogens with two attached hydrogens (primary N) is 1. The summed E-state index contributed by atoms with van der Waals surface area (Å²) >= 11 is 0. The van der Waals surface area contributed by atoms with E-state index in [0.717, 1.165) is 0 Å². The van der Waals surface area contributed by atoms with Crippen LogP contribution in [0, 0.1) is 0 Å². The average molecular weight is 302 g/mol. The Morgan fingerprint density at radius 2 is 2.09 bits per heavy atom. The van der Waals surface area contributed by atoms with Gasteiger partial charge in [-0.3, -0.25) is 15.0 Å². The lowest BCUT2D eigenvalue weighted by atomic mass is 10.1. The van der Waals surface area contributed by atoms with E-state index in [9.17, 15) is 9.59 Å². The first kappa shape index (κ1) is 15.7. The summed E-state index contributed by atoms with van der Waals surface area (Å²) in [4.78, 5) is 23.9. The number of amides is 1. The summed E-state index contributed by atoms with van der Waals surface area (Å²) in [6, 6.07) is 8.74. The highest BCUT2D eigenvalue weighted by molar-refractivity contribution is 5.94. The van der Waals surface area contributed by atoms with Crippen LogP contribution in [0.1, 0.15) is 24.2 Å². The van der Waals surface area contributed by atoms with Gasteiger partial charge in [-0.2, -0.15) is 5.10 Å². The third-order valence-corrected chi connectivity index (χ3v) is 3.11. The van der Waals surface area contributed by atoms with Gasteiger partial charge in [0.1, 0.15) is 11.3 Å². The number of hydrogen-bond acceptors (Lipinski definition) is 5. The van der Waals surface area contributed by atoms with Crippen molar-refractivity contribution in [3.05, 3.63) is 46.2 Å². The molecule has 1 aromatic heterocycles. The zero-order valence-electron chi connectivity index (χ0n) is 12.5. The second kappa shape index (κ2) is 6.86. The Balaban J connectivity index is 2.66.